The van der Waals surface area contributed by atoms with Gasteiger partial charge in [-0.05, 0) is 51.1 Å². The molecule has 152 valence electrons. The lowest BCUT2D eigenvalue weighted by Gasteiger charge is -2.21. The van der Waals surface area contributed by atoms with E-state index in [0.717, 1.165) is 22.7 Å². The highest BCUT2D eigenvalue weighted by Gasteiger charge is 2.25. The van der Waals surface area contributed by atoms with E-state index >= 15 is 0 Å². The zero-order chi connectivity index (χ0) is 21.0. The molecular weight excluding hydrogens is 368 g/mol. The van der Waals surface area contributed by atoms with E-state index in [1.165, 1.54) is 6.92 Å². The van der Waals surface area contributed by atoms with Gasteiger partial charge in [0, 0.05) is 5.56 Å². The summed E-state index contributed by atoms with van der Waals surface area (Å²) in [4.78, 5) is 11.8. The van der Waals surface area contributed by atoms with Crippen LogP contribution in [0, 0.1) is 0 Å². The van der Waals surface area contributed by atoms with Gasteiger partial charge < -0.3 is 14.2 Å². The molecule has 6 nitrogen and oxygen atoms in total. The second kappa shape index (κ2) is 8.49. The number of carbonyl (C=O) groups excluding carboxylic acids is 1. The summed E-state index contributed by atoms with van der Waals surface area (Å²) in [5.41, 5.74) is 2.46. The van der Waals surface area contributed by atoms with Crippen molar-refractivity contribution < 1.29 is 19.0 Å². The molecule has 6 heteroatoms. The summed E-state index contributed by atoms with van der Waals surface area (Å²) in [6.07, 6.45) is 0. The van der Waals surface area contributed by atoms with Crippen molar-refractivity contribution in [2.24, 2.45) is 0 Å². The smallest absolute Gasteiger partial charge is 0.161 e. The monoisotopic (exact) mass is 394 g/mol. The fourth-order valence-corrected chi connectivity index (χ4v) is 2.83. The van der Waals surface area contributed by atoms with Gasteiger partial charge in [-0.25, -0.2) is 4.68 Å². The first kappa shape index (κ1) is 20.6. The molecule has 0 saturated heterocycles. The summed E-state index contributed by atoms with van der Waals surface area (Å²) >= 11 is 0. The number of methoxy groups -OCH3 is 2. The first-order valence-corrected chi connectivity index (χ1v) is 9.37. The Morgan fingerprint density at radius 2 is 1.79 bits per heavy atom. The first-order chi connectivity index (χ1) is 13.9. The van der Waals surface area contributed by atoms with E-state index in [1.807, 2.05) is 59.3 Å². The maximum Gasteiger partial charge on any atom is 0.161 e. The van der Waals surface area contributed by atoms with Gasteiger partial charge in [0.05, 0.1) is 32.2 Å². The summed E-state index contributed by atoms with van der Waals surface area (Å²) in [5.74, 6) is 1.43. The molecule has 0 aliphatic carbocycles. The number of Topliss-reactive ketones (excluding diaryl/α,β-unsaturated/α-hetero) is 1. The number of hydrogen-bond acceptors (Lipinski definition) is 5. The van der Waals surface area contributed by atoms with Gasteiger partial charge in [-0.3, -0.25) is 4.79 Å². The third-order valence-electron chi connectivity index (χ3n) is 4.87. The molecule has 0 atom stereocenters. The van der Waals surface area contributed by atoms with Gasteiger partial charge in [-0.1, -0.05) is 24.3 Å². The van der Waals surface area contributed by atoms with Crippen molar-refractivity contribution in [2.75, 3.05) is 14.2 Å². The number of carbonyl (C=O) groups is 1. The Hall–Kier alpha value is -3.12. The third-order valence-corrected chi connectivity index (χ3v) is 4.87. The summed E-state index contributed by atoms with van der Waals surface area (Å²) in [6, 6.07) is 17.4. The van der Waals surface area contributed by atoms with Gasteiger partial charge in [-0.2, -0.15) is 5.10 Å². The van der Waals surface area contributed by atoms with Crippen LogP contribution in [0.4, 0.5) is 0 Å². The minimum atomic E-state index is -0.871. The van der Waals surface area contributed by atoms with Crippen molar-refractivity contribution in [1.29, 1.82) is 0 Å². The maximum atomic E-state index is 11.8. The van der Waals surface area contributed by atoms with Crippen LogP contribution in [-0.4, -0.2) is 35.4 Å². The van der Waals surface area contributed by atoms with Crippen LogP contribution in [0.3, 0.4) is 0 Å². The number of aromatic nitrogens is 2. The van der Waals surface area contributed by atoms with E-state index < -0.39 is 5.60 Å². The number of nitrogens with zero attached hydrogens (tertiary/aromatic N) is 2. The number of ketones is 1. The van der Waals surface area contributed by atoms with Crippen LogP contribution in [-0.2, 0) is 16.1 Å². The molecule has 1 heterocycles. The molecule has 3 rings (SSSR count). The maximum absolute atomic E-state index is 11.8. The molecule has 0 unspecified atom stereocenters. The van der Waals surface area contributed by atoms with Crippen LogP contribution >= 0.6 is 0 Å². The highest BCUT2D eigenvalue weighted by molar-refractivity contribution is 5.83. The van der Waals surface area contributed by atoms with Crippen LogP contribution in [0.25, 0.3) is 16.9 Å². The van der Waals surface area contributed by atoms with Gasteiger partial charge in [0.25, 0.3) is 0 Å². The van der Waals surface area contributed by atoms with Crippen molar-refractivity contribution in [1.82, 2.24) is 9.78 Å². The standard InChI is InChI=1S/C23H26N2O4/c1-16(26)23(2,3)29-15-18-14-21(17-9-8-10-19(13-17)27-4)25(24-18)20-11-6-7-12-22(20)28-5/h6-14H,15H2,1-5H3. The minimum Gasteiger partial charge on any atom is -0.497 e. The quantitative estimate of drug-likeness (QED) is 0.565. The average molecular weight is 394 g/mol. The zero-order valence-electron chi connectivity index (χ0n) is 17.4. The van der Waals surface area contributed by atoms with E-state index in [4.69, 9.17) is 19.3 Å². The lowest BCUT2D eigenvalue weighted by Crippen LogP contribution is -2.32. The van der Waals surface area contributed by atoms with Crippen LogP contribution in [0.2, 0.25) is 0 Å². The van der Waals surface area contributed by atoms with Gasteiger partial charge in [0.2, 0.25) is 0 Å². The summed E-state index contributed by atoms with van der Waals surface area (Å²) in [6.45, 7) is 5.26. The zero-order valence-corrected chi connectivity index (χ0v) is 17.4. The van der Waals surface area contributed by atoms with Crippen molar-refractivity contribution in [3.63, 3.8) is 0 Å². The topological polar surface area (TPSA) is 62.6 Å². The SMILES string of the molecule is COc1cccc(-c2cc(COC(C)(C)C(C)=O)nn2-c2ccccc2OC)c1. The van der Waals surface area contributed by atoms with Gasteiger partial charge in [0.15, 0.2) is 5.78 Å². The Kier molecular flexibility index (Phi) is 6.03. The van der Waals surface area contributed by atoms with Crippen molar-refractivity contribution in [3.8, 4) is 28.4 Å². The number of rotatable bonds is 8. The molecule has 0 saturated carbocycles. The van der Waals surface area contributed by atoms with Gasteiger partial charge >= 0.3 is 0 Å². The number of benzene rings is 2. The molecule has 0 radical (unpaired) electrons. The molecule has 0 aliphatic rings. The Balaban J connectivity index is 2.07. The molecule has 1 aromatic heterocycles. The molecule has 0 bridgehead atoms. The summed E-state index contributed by atoms with van der Waals surface area (Å²) in [5, 5.41) is 4.74. The molecule has 0 N–H and O–H groups in total. The Morgan fingerprint density at radius 3 is 2.48 bits per heavy atom. The second-order valence-corrected chi connectivity index (χ2v) is 7.19. The lowest BCUT2D eigenvalue weighted by atomic mass is 10.1. The predicted molar refractivity (Wildman–Crippen MR) is 112 cm³/mol. The predicted octanol–water partition coefficient (Wildman–Crippen LogP) is 4.44. The van der Waals surface area contributed by atoms with Crippen LogP contribution < -0.4 is 9.47 Å². The van der Waals surface area contributed by atoms with Crippen molar-refractivity contribution >= 4 is 5.78 Å². The molecule has 0 fully saturated rings. The van der Waals surface area contributed by atoms with Gasteiger partial charge in [0.1, 0.15) is 22.8 Å². The highest BCUT2D eigenvalue weighted by Crippen LogP contribution is 2.31. The Labute approximate surface area is 171 Å². The summed E-state index contributed by atoms with van der Waals surface area (Å²) < 4.78 is 18.6. The number of hydrogen-bond donors (Lipinski definition) is 0. The normalized spacial score (nSPS) is 11.3. The number of ether oxygens (including phenoxy) is 3. The fraction of sp³-hybridized carbons (Fsp3) is 0.304. The highest BCUT2D eigenvalue weighted by atomic mass is 16.5. The van der Waals surface area contributed by atoms with Crippen molar-refractivity contribution in [3.05, 3.63) is 60.3 Å². The van der Waals surface area contributed by atoms with Crippen molar-refractivity contribution in [2.45, 2.75) is 33.0 Å². The molecule has 0 aliphatic heterocycles. The Morgan fingerprint density at radius 1 is 1.03 bits per heavy atom. The molecule has 0 spiro atoms. The van der Waals surface area contributed by atoms with E-state index in [2.05, 4.69) is 0 Å². The van der Waals surface area contributed by atoms with Crippen LogP contribution in [0.5, 0.6) is 11.5 Å². The second-order valence-electron chi connectivity index (χ2n) is 7.19. The molecule has 0 amide bonds. The fourth-order valence-electron chi connectivity index (χ4n) is 2.83. The molecule has 2 aromatic carbocycles. The first-order valence-electron chi connectivity index (χ1n) is 9.37. The van der Waals surface area contributed by atoms with E-state index in [1.54, 1.807) is 28.1 Å². The minimum absolute atomic E-state index is 0.0327. The van der Waals surface area contributed by atoms with Crippen LogP contribution in [0.1, 0.15) is 26.5 Å². The van der Waals surface area contributed by atoms with Crippen LogP contribution in [0.15, 0.2) is 54.6 Å². The lowest BCUT2D eigenvalue weighted by molar-refractivity contribution is -0.139. The van der Waals surface area contributed by atoms with E-state index in [-0.39, 0.29) is 12.4 Å². The molecule has 3 aromatic rings. The summed E-state index contributed by atoms with van der Waals surface area (Å²) in [7, 11) is 3.27. The molecular formula is C23H26N2O4. The number of para-hydroxylation sites is 2. The van der Waals surface area contributed by atoms with Gasteiger partial charge in [-0.15, -0.1) is 0 Å². The van der Waals surface area contributed by atoms with E-state index in [9.17, 15) is 4.79 Å². The average Bonchev–Trinajstić information content (AvgIpc) is 3.16. The Bertz CT molecular complexity index is 1010. The third kappa shape index (κ3) is 4.49. The van der Waals surface area contributed by atoms with E-state index in [0.29, 0.717) is 11.4 Å². The molecule has 29 heavy (non-hydrogen) atoms. The largest absolute Gasteiger partial charge is 0.497 e.